The molecule has 1 rings (SSSR count). The van der Waals surface area contributed by atoms with E-state index in [1.165, 1.54) is 11.1 Å². The van der Waals surface area contributed by atoms with Crippen molar-refractivity contribution < 1.29 is 0 Å². The van der Waals surface area contributed by atoms with Crippen molar-refractivity contribution in [1.29, 1.82) is 0 Å². The third kappa shape index (κ3) is 3.52. The monoisotopic (exact) mass is 238 g/mol. The first-order chi connectivity index (χ1) is 7.50. The van der Waals surface area contributed by atoms with E-state index in [-0.39, 0.29) is 5.41 Å². The maximum absolute atomic E-state index is 6.04. The smallest absolute Gasteiger partial charge is 0.0280 e. The van der Waals surface area contributed by atoms with E-state index in [1.54, 1.807) is 0 Å². The Bertz CT molecular complexity index is 307. The maximum atomic E-state index is 6.04. The summed E-state index contributed by atoms with van der Waals surface area (Å²) in [6.45, 7) is 8.93. The molecular formula is C15H23Cl. The molecule has 0 fully saturated rings. The van der Waals surface area contributed by atoms with Gasteiger partial charge in [0.1, 0.15) is 0 Å². The van der Waals surface area contributed by atoms with Crippen LogP contribution < -0.4 is 0 Å². The largest absolute Gasteiger partial charge is 0.126 e. The van der Waals surface area contributed by atoms with Crippen LogP contribution in [0, 0.1) is 5.41 Å². The van der Waals surface area contributed by atoms with Gasteiger partial charge in [0.2, 0.25) is 0 Å². The molecule has 0 saturated carbocycles. The van der Waals surface area contributed by atoms with Gasteiger partial charge in [0.25, 0.3) is 0 Å². The standard InChI is InChI=1S/C15H23Cl/c1-5-15(4,11-16)10-13-6-8-14(9-7-13)12(2)3/h6-9,12H,5,10-11H2,1-4H3. The van der Waals surface area contributed by atoms with Crippen molar-refractivity contribution in [2.75, 3.05) is 5.88 Å². The van der Waals surface area contributed by atoms with Gasteiger partial charge in [-0.2, -0.15) is 0 Å². The summed E-state index contributed by atoms with van der Waals surface area (Å²) in [6.07, 6.45) is 2.20. The van der Waals surface area contributed by atoms with Crippen LogP contribution in [0.3, 0.4) is 0 Å². The zero-order valence-corrected chi connectivity index (χ0v) is 11.6. The van der Waals surface area contributed by atoms with Crippen LogP contribution in [0.25, 0.3) is 0 Å². The normalized spacial score (nSPS) is 15.1. The van der Waals surface area contributed by atoms with E-state index in [0.29, 0.717) is 5.92 Å². The van der Waals surface area contributed by atoms with Crippen LogP contribution in [0.4, 0.5) is 0 Å². The summed E-state index contributed by atoms with van der Waals surface area (Å²) in [5.41, 5.74) is 3.04. The molecule has 1 atom stereocenters. The second-order valence-corrected chi connectivity index (χ2v) is 5.64. The molecule has 0 heterocycles. The molecule has 0 aliphatic carbocycles. The van der Waals surface area contributed by atoms with Crippen molar-refractivity contribution in [2.45, 2.75) is 46.5 Å². The van der Waals surface area contributed by atoms with Crippen molar-refractivity contribution in [3.05, 3.63) is 35.4 Å². The molecule has 0 saturated heterocycles. The van der Waals surface area contributed by atoms with Crippen LogP contribution in [0.2, 0.25) is 0 Å². The highest BCUT2D eigenvalue weighted by molar-refractivity contribution is 6.18. The highest BCUT2D eigenvalue weighted by atomic mass is 35.5. The van der Waals surface area contributed by atoms with Crippen molar-refractivity contribution in [3.8, 4) is 0 Å². The molecule has 1 heteroatoms. The van der Waals surface area contributed by atoms with Crippen molar-refractivity contribution in [2.24, 2.45) is 5.41 Å². The lowest BCUT2D eigenvalue weighted by molar-refractivity contribution is 0.355. The fraction of sp³-hybridized carbons (Fsp3) is 0.600. The molecule has 0 amide bonds. The maximum Gasteiger partial charge on any atom is 0.0280 e. The van der Waals surface area contributed by atoms with E-state index in [1.807, 2.05) is 0 Å². The first kappa shape index (κ1) is 13.6. The Kier molecular flexibility index (Phi) is 4.86. The molecule has 1 aromatic carbocycles. The molecule has 16 heavy (non-hydrogen) atoms. The molecular weight excluding hydrogens is 216 g/mol. The van der Waals surface area contributed by atoms with Gasteiger partial charge in [0.05, 0.1) is 0 Å². The molecule has 0 bridgehead atoms. The van der Waals surface area contributed by atoms with Crippen LogP contribution in [-0.4, -0.2) is 5.88 Å². The summed E-state index contributed by atoms with van der Waals surface area (Å²) in [5.74, 6) is 1.34. The summed E-state index contributed by atoms with van der Waals surface area (Å²) in [4.78, 5) is 0. The van der Waals surface area contributed by atoms with Gasteiger partial charge in [0, 0.05) is 5.88 Å². The molecule has 90 valence electrons. The number of hydrogen-bond acceptors (Lipinski definition) is 0. The Labute approximate surface area is 105 Å². The lowest BCUT2D eigenvalue weighted by atomic mass is 9.83. The van der Waals surface area contributed by atoms with Gasteiger partial charge in [0.15, 0.2) is 0 Å². The second kappa shape index (κ2) is 5.72. The van der Waals surface area contributed by atoms with Gasteiger partial charge in [-0.15, -0.1) is 11.6 Å². The molecule has 1 unspecified atom stereocenters. The molecule has 0 nitrogen and oxygen atoms in total. The van der Waals surface area contributed by atoms with Gasteiger partial charge in [-0.05, 0) is 35.3 Å². The predicted octanol–water partition coefficient (Wildman–Crippen LogP) is 5.01. The van der Waals surface area contributed by atoms with Crippen LogP contribution in [-0.2, 0) is 6.42 Å². The number of benzene rings is 1. The number of alkyl halides is 1. The molecule has 1 aromatic rings. The predicted molar refractivity (Wildman–Crippen MR) is 73.4 cm³/mol. The third-order valence-electron chi connectivity index (χ3n) is 3.45. The van der Waals surface area contributed by atoms with Crippen LogP contribution in [0.1, 0.15) is 51.2 Å². The van der Waals surface area contributed by atoms with Gasteiger partial charge in [-0.1, -0.05) is 52.0 Å². The first-order valence-corrected chi connectivity index (χ1v) is 6.69. The van der Waals surface area contributed by atoms with Crippen LogP contribution >= 0.6 is 11.6 Å². The SMILES string of the molecule is CCC(C)(CCl)Cc1ccc(C(C)C)cc1. The molecule has 0 radical (unpaired) electrons. The lowest BCUT2D eigenvalue weighted by Gasteiger charge is -2.25. The van der Waals surface area contributed by atoms with Gasteiger partial charge < -0.3 is 0 Å². The third-order valence-corrected chi connectivity index (χ3v) is 4.10. The van der Waals surface area contributed by atoms with Crippen molar-refractivity contribution in [3.63, 3.8) is 0 Å². The minimum atomic E-state index is 0.237. The van der Waals surface area contributed by atoms with E-state index in [0.717, 1.165) is 18.7 Å². The van der Waals surface area contributed by atoms with Crippen molar-refractivity contribution >= 4 is 11.6 Å². The highest BCUT2D eigenvalue weighted by Crippen LogP contribution is 2.28. The highest BCUT2D eigenvalue weighted by Gasteiger charge is 2.21. The number of halogens is 1. The molecule has 0 aliphatic heterocycles. The summed E-state index contributed by atoms with van der Waals surface area (Å²) in [5, 5.41) is 0. The van der Waals surface area contributed by atoms with E-state index < -0.39 is 0 Å². The fourth-order valence-corrected chi connectivity index (χ4v) is 2.06. The van der Waals surface area contributed by atoms with Crippen LogP contribution in [0.5, 0.6) is 0 Å². The Morgan fingerprint density at radius 2 is 1.75 bits per heavy atom. The zero-order valence-electron chi connectivity index (χ0n) is 10.9. The van der Waals surface area contributed by atoms with Gasteiger partial charge in [-0.3, -0.25) is 0 Å². The van der Waals surface area contributed by atoms with Gasteiger partial charge in [-0.25, -0.2) is 0 Å². The summed E-state index contributed by atoms with van der Waals surface area (Å²) in [6, 6.07) is 8.97. The lowest BCUT2D eigenvalue weighted by Crippen LogP contribution is -2.20. The molecule has 0 N–H and O–H groups in total. The van der Waals surface area contributed by atoms with E-state index in [2.05, 4.69) is 52.0 Å². The summed E-state index contributed by atoms with van der Waals surface area (Å²) < 4.78 is 0. The molecule has 0 aliphatic rings. The minimum Gasteiger partial charge on any atom is -0.126 e. The Morgan fingerprint density at radius 1 is 1.19 bits per heavy atom. The van der Waals surface area contributed by atoms with E-state index in [4.69, 9.17) is 11.6 Å². The van der Waals surface area contributed by atoms with E-state index >= 15 is 0 Å². The quantitative estimate of drug-likeness (QED) is 0.633. The summed E-state index contributed by atoms with van der Waals surface area (Å²) in [7, 11) is 0. The first-order valence-electron chi connectivity index (χ1n) is 6.15. The van der Waals surface area contributed by atoms with Gasteiger partial charge >= 0.3 is 0 Å². The molecule has 0 spiro atoms. The Hall–Kier alpha value is -0.490. The second-order valence-electron chi connectivity index (χ2n) is 5.37. The van der Waals surface area contributed by atoms with Crippen molar-refractivity contribution in [1.82, 2.24) is 0 Å². The zero-order chi connectivity index (χ0) is 12.2. The van der Waals surface area contributed by atoms with E-state index in [9.17, 15) is 0 Å². The molecule has 0 aromatic heterocycles. The Morgan fingerprint density at radius 3 is 2.12 bits per heavy atom. The summed E-state index contributed by atoms with van der Waals surface area (Å²) >= 11 is 6.04. The fourth-order valence-electron chi connectivity index (χ4n) is 1.78. The number of hydrogen-bond donors (Lipinski definition) is 0. The minimum absolute atomic E-state index is 0.237. The number of rotatable bonds is 5. The average molecular weight is 239 g/mol. The average Bonchev–Trinajstić information content (AvgIpc) is 2.29. The Balaban J connectivity index is 2.75. The van der Waals surface area contributed by atoms with Crippen LogP contribution in [0.15, 0.2) is 24.3 Å². The topological polar surface area (TPSA) is 0 Å².